The van der Waals surface area contributed by atoms with E-state index in [1.54, 1.807) is 12.3 Å². The van der Waals surface area contributed by atoms with Crippen LogP contribution in [0.25, 0.3) is 11.1 Å². The van der Waals surface area contributed by atoms with E-state index in [4.69, 9.17) is 8.83 Å². The van der Waals surface area contributed by atoms with Crippen LogP contribution in [-0.4, -0.2) is 10.8 Å². The standard InChI is InChI=1S/C8H8O2.C7H4BrNO/c9-7-2-1-3-8-6(7)4-5-10-8;8-5-1-2-6-7(3-5)10-4-9-6/h4-5H,1-3H2;1-4H. The van der Waals surface area contributed by atoms with Crippen LogP contribution in [0.15, 0.2) is 50.2 Å². The van der Waals surface area contributed by atoms with Crippen molar-refractivity contribution in [1.29, 1.82) is 0 Å². The largest absolute Gasteiger partial charge is 0.469 e. The van der Waals surface area contributed by atoms with Crippen molar-refractivity contribution in [3.05, 3.63) is 52.7 Å². The minimum atomic E-state index is 0.231. The Bertz CT molecular complexity index is 744. The Hall–Kier alpha value is -1.88. The first kappa shape index (κ1) is 13.1. The minimum Gasteiger partial charge on any atom is -0.469 e. The molecule has 3 aromatic rings. The third kappa shape index (κ3) is 2.67. The van der Waals surface area contributed by atoms with Gasteiger partial charge in [-0.1, -0.05) is 15.9 Å². The average Bonchev–Trinajstić information content (AvgIpc) is 3.07. The quantitative estimate of drug-likeness (QED) is 0.612. The van der Waals surface area contributed by atoms with Crippen molar-refractivity contribution in [2.75, 3.05) is 0 Å². The van der Waals surface area contributed by atoms with E-state index in [0.717, 1.165) is 39.7 Å². The molecule has 2 aromatic heterocycles. The van der Waals surface area contributed by atoms with E-state index in [1.807, 2.05) is 18.2 Å². The monoisotopic (exact) mass is 333 g/mol. The average molecular weight is 334 g/mol. The number of halogens is 1. The molecule has 5 heteroatoms. The number of oxazole rings is 1. The molecule has 0 bridgehead atoms. The minimum absolute atomic E-state index is 0.231. The van der Waals surface area contributed by atoms with Crippen LogP contribution < -0.4 is 0 Å². The summed E-state index contributed by atoms with van der Waals surface area (Å²) in [7, 11) is 0. The van der Waals surface area contributed by atoms with E-state index in [2.05, 4.69) is 20.9 Å². The molecule has 1 aliphatic carbocycles. The molecule has 0 amide bonds. The molecule has 2 heterocycles. The number of nitrogens with zero attached hydrogens (tertiary/aromatic N) is 1. The number of ketones is 1. The van der Waals surface area contributed by atoms with Gasteiger partial charge in [0, 0.05) is 17.3 Å². The van der Waals surface area contributed by atoms with Crippen LogP contribution in [-0.2, 0) is 6.42 Å². The SMILES string of the molecule is Brc1ccc2ncoc2c1.O=C1CCCc2occc21. The van der Waals surface area contributed by atoms with E-state index in [-0.39, 0.29) is 5.78 Å². The fourth-order valence-corrected chi connectivity index (χ4v) is 2.50. The highest BCUT2D eigenvalue weighted by Gasteiger charge is 2.18. The maximum absolute atomic E-state index is 11.1. The number of fused-ring (bicyclic) bond motifs is 2. The van der Waals surface area contributed by atoms with Gasteiger partial charge < -0.3 is 8.83 Å². The van der Waals surface area contributed by atoms with Crippen molar-refractivity contribution in [1.82, 2.24) is 4.98 Å². The number of furan rings is 1. The first-order valence-electron chi connectivity index (χ1n) is 6.32. The molecule has 20 heavy (non-hydrogen) atoms. The molecule has 1 aliphatic rings. The summed E-state index contributed by atoms with van der Waals surface area (Å²) >= 11 is 3.33. The smallest absolute Gasteiger partial charge is 0.181 e. The zero-order valence-corrected chi connectivity index (χ0v) is 12.2. The lowest BCUT2D eigenvalue weighted by atomic mass is 9.98. The fraction of sp³-hybridized carbons (Fsp3) is 0.200. The number of Topliss-reactive ketones (excluding diaryl/α,β-unsaturated/α-hetero) is 1. The number of benzene rings is 1. The van der Waals surface area contributed by atoms with Crippen LogP contribution >= 0.6 is 15.9 Å². The molecule has 4 nitrogen and oxygen atoms in total. The van der Waals surface area contributed by atoms with Gasteiger partial charge in [-0.15, -0.1) is 0 Å². The molecule has 0 unspecified atom stereocenters. The fourth-order valence-electron chi connectivity index (χ4n) is 2.16. The van der Waals surface area contributed by atoms with Gasteiger partial charge in [-0.05, 0) is 30.7 Å². The molecular weight excluding hydrogens is 322 g/mol. The number of carbonyl (C=O) groups is 1. The third-order valence-electron chi connectivity index (χ3n) is 3.15. The van der Waals surface area contributed by atoms with Crippen LogP contribution in [0.3, 0.4) is 0 Å². The Morgan fingerprint density at radius 1 is 1.15 bits per heavy atom. The Balaban J connectivity index is 0.000000121. The molecule has 0 atom stereocenters. The van der Waals surface area contributed by atoms with Crippen LogP contribution in [0.4, 0.5) is 0 Å². The molecule has 1 aromatic carbocycles. The molecular formula is C15H12BrNO3. The maximum atomic E-state index is 11.1. The molecule has 0 saturated carbocycles. The second-order valence-corrected chi connectivity index (χ2v) is 5.41. The van der Waals surface area contributed by atoms with Gasteiger partial charge in [0.1, 0.15) is 11.3 Å². The summed E-state index contributed by atoms with van der Waals surface area (Å²) in [6, 6.07) is 7.49. The number of aryl methyl sites for hydroxylation is 1. The number of rotatable bonds is 0. The molecule has 4 rings (SSSR count). The normalized spacial score (nSPS) is 13.8. The zero-order chi connectivity index (χ0) is 13.9. The lowest BCUT2D eigenvalue weighted by molar-refractivity contribution is 0.0969. The summed E-state index contributed by atoms with van der Waals surface area (Å²) in [5.41, 5.74) is 2.50. The van der Waals surface area contributed by atoms with E-state index < -0.39 is 0 Å². The van der Waals surface area contributed by atoms with Crippen LogP contribution in [0.5, 0.6) is 0 Å². The first-order valence-corrected chi connectivity index (χ1v) is 7.11. The van der Waals surface area contributed by atoms with Gasteiger partial charge in [-0.2, -0.15) is 0 Å². The van der Waals surface area contributed by atoms with Gasteiger partial charge in [0.15, 0.2) is 17.8 Å². The van der Waals surface area contributed by atoms with E-state index >= 15 is 0 Å². The summed E-state index contributed by atoms with van der Waals surface area (Å²) < 4.78 is 11.2. The molecule has 102 valence electrons. The lowest BCUT2D eigenvalue weighted by Gasteiger charge is -2.06. The van der Waals surface area contributed by atoms with Crippen LogP contribution in [0, 0.1) is 0 Å². The Labute approximate surface area is 123 Å². The van der Waals surface area contributed by atoms with Crippen molar-refractivity contribution in [3.63, 3.8) is 0 Å². The highest BCUT2D eigenvalue weighted by molar-refractivity contribution is 9.10. The van der Waals surface area contributed by atoms with Gasteiger partial charge in [0.2, 0.25) is 0 Å². The molecule has 0 fully saturated rings. The van der Waals surface area contributed by atoms with E-state index in [1.165, 1.54) is 6.39 Å². The van der Waals surface area contributed by atoms with Crippen molar-refractivity contribution >= 4 is 32.8 Å². The number of hydrogen-bond acceptors (Lipinski definition) is 4. The summed E-state index contributed by atoms with van der Waals surface area (Å²) in [5, 5.41) is 0. The predicted octanol–water partition coefficient (Wildman–Crippen LogP) is 4.39. The van der Waals surface area contributed by atoms with Gasteiger partial charge in [0.25, 0.3) is 0 Å². The molecule has 0 saturated heterocycles. The van der Waals surface area contributed by atoms with Crippen molar-refractivity contribution in [2.24, 2.45) is 0 Å². The molecule has 0 radical (unpaired) electrons. The van der Waals surface area contributed by atoms with Gasteiger partial charge in [-0.3, -0.25) is 4.79 Å². The first-order chi connectivity index (χ1) is 9.74. The predicted molar refractivity (Wildman–Crippen MR) is 77.7 cm³/mol. The van der Waals surface area contributed by atoms with E-state index in [9.17, 15) is 4.79 Å². The van der Waals surface area contributed by atoms with Crippen molar-refractivity contribution in [3.8, 4) is 0 Å². The Morgan fingerprint density at radius 2 is 2.05 bits per heavy atom. The second-order valence-electron chi connectivity index (χ2n) is 4.50. The topological polar surface area (TPSA) is 56.2 Å². The Morgan fingerprint density at radius 3 is 2.90 bits per heavy atom. The van der Waals surface area contributed by atoms with Crippen LogP contribution in [0.1, 0.15) is 29.0 Å². The summed E-state index contributed by atoms with van der Waals surface area (Å²) in [5.74, 6) is 1.10. The highest BCUT2D eigenvalue weighted by atomic mass is 79.9. The summed E-state index contributed by atoms with van der Waals surface area (Å²) in [6.07, 6.45) is 5.59. The Kier molecular flexibility index (Phi) is 3.69. The van der Waals surface area contributed by atoms with Gasteiger partial charge >= 0.3 is 0 Å². The molecule has 0 aliphatic heterocycles. The summed E-state index contributed by atoms with van der Waals surface area (Å²) in [6.45, 7) is 0. The van der Waals surface area contributed by atoms with Crippen LogP contribution in [0.2, 0.25) is 0 Å². The maximum Gasteiger partial charge on any atom is 0.181 e. The van der Waals surface area contributed by atoms with Gasteiger partial charge in [0.05, 0.1) is 11.8 Å². The highest BCUT2D eigenvalue weighted by Crippen LogP contribution is 2.21. The number of hydrogen-bond donors (Lipinski definition) is 0. The number of aromatic nitrogens is 1. The van der Waals surface area contributed by atoms with Gasteiger partial charge in [-0.25, -0.2) is 4.98 Å². The molecule has 0 spiro atoms. The number of carbonyl (C=O) groups excluding carboxylic acids is 1. The third-order valence-corrected chi connectivity index (χ3v) is 3.64. The lowest BCUT2D eigenvalue weighted by Crippen LogP contribution is -2.07. The van der Waals surface area contributed by atoms with Crippen molar-refractivity contribution < 1.29 is 13.6 Å². The van der Waals surface area contributed by atoms with E-state index in [0.29, 0.717) is 6.42 Å². The molecule has 0 N–H and O–H groups in total. The summed E-state index contributed by atoms with van der Waals surface area (Å²) in [4.78, 5) is 15.1. The van der Waals surface area contributed by atoms with Crippen molar-refractivity contribution in [2.45, 2.75) is 19.3 Å². The second kappa shape index (κ2) is 5.63. The zero-order valence-electron chi connectivity index (χ0n) is 10.6.